The highest BCUT2D eigenvalue weighted by atomic mass is 35.5. The predicted molar refractivity (Wildman–Crippen MR) is 120 cm³/mol. The number of para-hydroxylation sites is 1. The third-order valence-corrected chi connectivity index (χ3v) is 5.42. The molecular weight excluding hydrogens is 414 g/mol. The molecular formula is C25H24ClNO4. The van der Waals surface area contributed by atoms with Gasteiger partial charge in [0, 0.05) is 5.02 Å². The van der Waals surface area contributed by atoms with Crippen molar-refractivity contribution >= 4 is 24.0 Å². The van der Waals surface area contributed by atoms with Gasteiger partial charge in [-0.05, 0) is 59.9 Å². The summed E-state index contributed by atoms with van der Waals surface area (Å²) in [7, 11) is 0. The van der Waals surface area contributed by atoms with Gasteiger partial charge in [-0.15, -0.1) is 0 Å². The molecule has 0 bridgehead atoms. The van der Waals surface area contributed by atoms with E-state index in [4.69, 9.17) is 16.3 Å². The van der Waals surface area contributed by atoms with Crippen LogP contribution < -0.4 is 10.1 Å². The SMILES string of the molecule is CC(Cc1ccc(Cl)cc1)C(C(=O)O)[C@H](NC=O)c1cccc(Oc2ccccc2)c1. The first kappa shape index (κ1) is 22.4. The highest BCUT2D eigenvalue weighted by molar-refractivity contribution is 6.30. The topological polar surface area (TPSA) is 75.6 Å². The van der Waals surface area contributed by atoms with Crippen LogP contribution in [-0.2, 0) is 16.0 Å². The molecule has 2 N–H and O–H groups in total. The van der Waals surface area contributed by atoms with E-state index in [1.165, 1.54) is 0 Å². The number of benzene rings is 3. The zero-order valence-corrected chi connectivity index (χ0v) is 17.8. The molecule has 0 aromatic heterocycles. The monoisotopic (exact) mass is 437 g/mol. The number of aliphatic carboxylic acids is 1. The fourth-order valence-electron chi connectivity index (χ4n) is 3.71. The molecule has 0 aliphatic heterocycles. The quantitative estimate of drug-likeness (QED) is 0.411. The van der Waals surface area contributed by atoms with Crippen LogP contribution in [0, 0.1) is 11.8 Å². The van der Waals surface area contributed by atoms with Crippen LogP contribution in [0.25, 0.3) is 0 Å². The van der Waals surface area contributed by atoms with Crippen LogP contribution in [-0.4, -0.2) is 17.5 Å². The van der Waals surface area contributed by atoms with Crippen LogP contribution in [0.15, 0.2) is 78.9 Å². The van der Waals surface area contributed by atoms with E-state index in [0.29, 0.717) is 34.9 Å². The molecule has 3 rings (SSSR count). The highest BCUT2D eigenvalue weighted by Gasteiger charge is 2.34. The van der Waals surface area contributed by atoms with Crippen molar-refractivity contribution in [3.63, 3.8) is 0 Å². The van der Waals surface area contributed by atoms with Gasteiger partial charge in [-0.3, -0.25) is 9.59 Å². The Morgan fingerprint density at radius 3 is 2.35 bits per heavy atom. The van der Waals surface area contributed by atoms with Gasteiger partial charge in [-0.2, -0.15) is 0 Å². The number of hydrogen-bond donors (Lipinski definition) is 2. The number of halogens is 1. The lowest BCUT2D eigenvalue weighted by Gasteiger charge is -2.29. The lowest BCUT2D eigenvalue weighted by molar-refractivity contribution is -0.145. The van der Waals surface area contributed by atoms with Gasteiger partial charge < -0.3 is 15.2 Å². The van der Waals surface area contributed by atoms with E-state index < -0.39 is 17.9 Å². The van der Waals surface area contributed by atoms with Crippen molar-refractivity contribution in [2.24, 2.45) is 11.8 Å². The summed E-state index contributed by atoms with van der Waals surface area (Å²) in [6, 6.07) is 23.1. The number of carboxylic acids is 1. The van der Waals surface area contributed by atoms with E-state index in [1.807, 2.05) is 49.4 Å². The lowest BCUT2D eigenvalue weighted by Crippen LogP contribution is -2.37. The number of carbonyl (C=O) groups excluding carboxylic acids is 1. The van der Waals surface area contributed by atoms with Crippen molar-refractivity contribution in [3.05, 3.63) is 95.0 Å². The van der Waals surface area contributed by atoms with Crippen LogP contribution >= 0.6 is 11.6 Å². The molecule has 0 saturated carbocycles. The second-order valence-corrected chi connectivity index (χ2v) is 7.86. The van der Waals surface area contributed by atoms with Gasteiger partial charge in [-0.25, -0.2) is 0 Å². The summed E-state index contributed by atoms with van der Waals surface area (Å²) in [5.41, 5.74) is 1.64. The Labute approximate surface area is 186 Å². The van der Waals surface area contributed by atoms with E-state index in [2.05, 4.69) is 5.32 Å². The molecule has 0 aliphatic carbocycles. The Hall–Kier alpha value is -3.31. The molecule has 0 radical (unpaired) electrons. The first-order valence-corrected chi connectivity index (χ1v) is 10.4. The van der Waals surface area contributed by atoms with Gasteiger partial charge in [0.25, 0.3) is 0 Å². The first-order chi connectivity index (χ1) is 15.0. The maximum atomic E-state index is 12.2. The summed E-state index contributed by atoms with van der Waals surface area (Å²) < 4.78 is 5.88. The largest absolute Gasteiger partial charge is 0.481 e. The minimum atomic E-state index is -0.977. The molecule has 2 unspecified atom stereocenters. The Balaban J connectivity index is 1.86. The van der Waals surface area contributed by atoms with E-state index in [-0.39, 0.29) is 5.92 Å². The van der Waals surface area contributed by atoms with Gasteiger partial charge in [0.05, 0.1) is 12.0 Å². The van der Waals surface area contributed by atoms with Crippen molar-refractivity contribution in [1.29, 1.82) is 0 Å². The second kappa shape index (κ2) is 10.6. The van der Waals surface area contributed by atoms with Gasteiger partial charge >= 0.3 is 5.97 Å². The van der Waals surface area contributed by atoms with Gasteiger partial charge in [0.15, 0.2) is 0 Å². The zero-order valence-electron chi connectivity index (χ0n) is 17.1. The average Bonchev–Trinajstić information content (AvgIpc) is 2.76. The highest BCUT2D eigenvalue weighted by Crippen LogP contribution is 2.33. The molecule has 5 nitrogen and oxygen atoms in total. The van der Waals surface area contributed by atoms with Gasteiger partial charge in [-0.1, -0.05) is 61.0 Å². The van der Waals surface area contributed by atoms with Crippen molar-refractivity contribution in [2.45, 2.75) is 19.4 Å². The third-order valence-electron chi connectivity index (χ3n) is 5.17. The van der Waals surface area contributed by atoms with E-state index in [9.17, 15) is 14.7 Å². The molecule has 160 valence electrons. The fourth-order valence-corrected chi connectivity index (χ4v) is 3.84. The van der Waals surface area contributed by atoms with Crippen molar-refractivity contribution in [1.82, 2.24) is 5.32 Å². The molecule has 0 saturated heterocycles. The molecule has 0 heterocycles. The second-order valence-electron chi connectivity index (χ2n) is 7.42. The number of ether oxygens (including phenoxy) is 1. The Morgan fingerprint density at radius 1 is 1.03 bits per heavy atom. The van der Waals surface area contributed by atoms with Crippen molar-refractivity contribution < 1.29 is 19.4 Å². The van der Waals surface area contributed by atoms with Crippen LogP contribution in [0.2, 0.25) is 5.02 Å². The summed E-state index contributed by atoms with van der Waals surface area (Å²) in [4.78, 5) is 23.6. The minimum Gasteiger partial charge on any atom is -0.481 e. The molecule has 1 amide bonds. The Kier molecular flexibility index (Phi) is 7.68. The molecule has 0 spiro atoms. The zero-order chi connectivity index (χ0) is 22.2. The van der Waals surface area contributed by atoms with E-state index >= 15 is 0 Å². The number of nitrogens with one attached hydrogen (secondary N) is 1. The molecule has 0 aliphatic rings. The summed E-state index contributed by atoms with van der Waals surface area (Å²) in [6.45, 7) is 1.87. The summed E-state index contributed by atoms with van der Waals surface area (Å²) in [5.74, 6) is -0.834. The molecule has 3 aromatic carbocycles. The van der Waals surface area contributed by atoms with Crippen molar-refractivity contribution in [3.8, 4) is 11.5 Å². The Morgan fingerprint density at radius 2 is 1.71 bits per heavy atom. The van der Waals surface area contributed by atoms with Gasteiger partial charge in [0.2, 0.25) is 6.41 Å². The lowest BCUT2D eigenvalue weighted by atomic mass is 9.80. The standard InChI is InChI=1S/C25H24ClNO4/c1-17(14-18-10-12-20(26)13-11-18)23(25(29)30)24(27-16-28)19-6-5-9-22(15-19)31-21-7-3-2-4-8-21/h2-13,15-17,23-24H,14H2,1H3,(H,27,28)(H,29,30)/t17?,23?,24-/m1/s1. The Bertz CT molecular complexity index is 1010. The number of rotatable bonds is 10. The summed E-state index contributed by atoms with van der Waals surface area (Å²) in [6.07, 6.45) is 1.08. The molecule has 0 fully saturated rings. The molecule has 3 atom stereocenters. The normalized spacial score (nSPS) is 13.6. The molecule has 6 heteroatoms. The smallest absolute Gasteiger partial charge is 0.309 e. The number of carboxylic acid groups (broad SMARTS) is 1. The maximum absolute atomic E-state index is 12.2. The minimum absolute atomic E-state index is 0.255. The van der Waals surface area contributed by atoms with Gasteiger partial charge in [0.1, 0.15) is 11.5 Å². The number of amides is 1. The van der Waals surface area contributed by atoms with Crippen LogP contribution in [0.4, 0.5) is 0 Å². The first-order valence-electron chi connectivity index (χ1n) is 9.97. The third kappa shape index (κ3) is 6.09. The maximum Gasteiger partial charge on any atom is 0.309 e. The number of carbonyl (C=O) groups is 2. The van der Waals surface area contributed by atoms with Crippen LogP contribution in [0.1, 0.15) is 24.1 Å². The van der Waals surface area contributed by atoms with Crippen LogP contribution in [0.3, 0.4) is 0 Å². The summed E-state index contributed by atoms with van der Waals surface area (Å²) >= 11 is 5.95. The van der Waals surface area contributed by atoms with Crippen LogP contribution in [0.5, 0.6) is 11.5 Å². The number of hydrogen-bond acceptors (Lipinski definition) is 3. The molecule has 31 heavy (non-hydrogen) atoms. The van der Waals surface area contributed by atoms with E-state index in [0.717, 1.165) is 5.56 Å². The fraction of sp³-hybridized carbons (Fsp3) is 0.200. The van der Waals surface area contributed by atoms with Crippen molar-refractivity contribution in [2.75, 3.05) is 0 Å². The summed E-state index contributed by atoms with van der Waals surface area (Å²) in [5, 5.41) is 13.4. The predicted octanol–water partition coefficient (Wildman–Crippen LogP) is 5.50. The van der Waals surface area contributed by atoms with E-state index in [1.54, 1.807) is 36.4 Å². The average molecular weight is 438 g/mol. The molecule has 3 aromatic rings.